The Bertz CT molecular complexity index is 577. The SMILES string of the molecule is COC(=O)c1ncn(Cc2ncccc2C)c1N. The molecule has 2 N–H and O–H groups in total. The fourth-order valence-electron chi connectivity index (χ4n) is 1.62. The Hall–Kier alpha value is -2.37. The normalized spacial score (nSPS) is 10.3. The van der Waals surface area contributed by atoms with Gasteiger partial charge in [0.05, 0.1) is 25.7 Å². The van der Waals surface area contributed by atoms with Crippen molar-refractivity contribution in [2.24, 2.45) is 0 Å². The summed E-state index contributed by atoms with van der Waals surface area (Å²) in [6.45, 7) is 2.44. The number of pyridine rings is 1. The second-order valence-electron chi connectivity index (χ2n) is 3.86. The summed E-state index contributed by atoms with van der Waals surface area (Å²) < 4.78 is 6.26. The largest absolute Gasteiger partial charge is 0.464 e. The molecule has 94 valence electrons. The van der Waals surface area contributed by atoms with Crippen molar-refractivity contribution in [1.29, 1.82) is 0 Å². The molecule has 6 nitrogen and oxygen atoms in total. The van der Waals surface area contributed by atoms with Crippen molar-refractivity contribution in [1.82, 2.24) is 14.5 Å². The summed E-state index contributed by atoms with van der Waals surface area (Å²) in [7, 11) is 1.30. The number of nitrogen functional groups attached to an aromatic ring is 1. The van der Waals surface area contributed by atoms with Gasteiger partial charge in [-0.25, -0.2) is 9.78 Å². The van der Waals surface area contributed by atoms with Crippen molar-refractivity contribution < 1.29 is 9.53 Å². The average molecular weight is 246 g/mol. The summed E-state index contributed by atoms with van der Waals surface area (Å²) in [5, 5.41) is 0. The molecule has 0 spiro atoms. The van der Waals surface area contributed by atoms with Gasteiger partial charge in [0.25, 0.3) is 0 Å². The van der Waals surface area contributed by atoms with Crippen LogP contribution >= 0.6 is 0 Å². The molecule has 0 fully saturated rings. The number of anilines is 1. The first kappa shape index (κ1) is 12.1. The molecule has 0 bridgehead atoms. The minimum absolute atomic E-state index is 0.131. The molecule has 0 amide bonds. The molecule has 2 rings (SSSR count). The van der Waals surface area contributed by atoms with Gasteiger partial charge in [0.15, 0.2) is 5.69 Å². The summed E-state index contributed by atoms with van der Waals surface area (Å²) in [6, 6.07) is 3.84. The van der Waals surface area contributed by atoms with E-state index < -0.39 is 5.97 Å². The number of carbonyl (C=O) groups excluding carboxylic acids is 1. The van der Waals surface area contributed by atoms with Gasteiger partial charge in [-0.2, -0.15) is 0 Å². The van der Waals surface area contributed by atoms with Crippen LogP contribution in [-0.2, 0) is 11.3 Å². The number of carbonyl (C=O) groups is 1. The van der Waals surface area contributed by atoms with E-state index in [9.17, 15) is 4.79 Å². The number of imidazole rings is 1. The Morgan fingerprint density at radius 1 is 1.50 bits per heavy atom. The quantitative estimate of drug-likeness (QED) is 0.817. The molecule has 0 aliphatic heterocycles. The Morgan fingerprint density at radius 2 is 2.28 bits per heavy atom. The Balaban J connectivity index is 2.29. The van der Waals surface area contributed by atoms with Crippen LogP contribution in [0.3, 0.4) is 0 Å². The molecular formula is C12H14N4O2. The van der Waals surface area contributed by atoms with E-state index >= 15 is 0 Å². The van der Waals surface area contributed by atoms with Crippen LogP contribution in [-0.4, -0.2) is 27.6 Å². The molecule has 0 saturated carbocycles. The van der Waals surface area contributed by atoms with Crippen LogP contribution in [0.5, 0.6) is 0 Å². The van der Waals surface area contributed by atoms with E-state index in [4.69, 9.17) is 5.73 Å². The highest BCUT2D eigenvalue weighted by molar-refractivity contribution is 5.92. The summed E-state index contributed by atoms with van der Waals surface area (Å²) in [6.07, 6.45) is 3.23. The van der Waals surface area contributed by atoms with E-state index in [-0.39, 0.29) is 11.5 Å². The molecule has 0 aliphatic carbocycles. The summed E-state index contributed by atoms with van der Waals surface area (Å²) in [5.74, 6) is -0.254. The first-order valence-corrected chi connectivity index (χ1v) is 5.43. The van der Waals surface area contributed by atoms with E-state index in [1.807, 2.05) is 19.1 Å². The third kappa shape index (κ3) is 2.17. The maximum Gasteiger partial charge on any atom is 0.360 e. The number of nitrogens with two attached hydrogens (primary N) is 1. The van der Waals surface area contributed by atoms with Crippen LogP contribution in [0.25, 0.3) is 0 Å². The number of rotatable bonds is 3. The summed E-state index contributed by atoms with van der Waals surface area (Å²) >= 11 is 0. The molecule has 2 aromatic heterocycles. The van der Waals surface area contributed by atoms with E-state index in [1.54, 1.807) is 10.8 Å². The number of methoxy groups -OCH3 is 1. The lowest BCUT2D eigenvalue weighted by Crippen LogP contribution is -2.10. The van der Waals surface area contributed by atoms with Crippen LogP contribution in [0.2, 0.25) is 0 Å². The van der Waals surface area contributed by atoms with Gasteiger partial charge in [-0.15, -0.1) is 0 Å². The molecular weight excluding hydrogens is 232 g/mol. The molecule has 0 atom stereocenters. The number of ether oxygens (including phenoxy) is 1. The van der Waals surface area contributed by atoms with E-state index in [0.717, 1.165) is 11.3 Å². The topological polar surface area (TPSA) is 83.0 Å². The van der Waals surface area contributed by atoms with Gasteiger partial charge in [-0.3, -0.25) is 4.98 Å². The summed E-state index contributed by atoms with van der Waals surface area (Å²) in [4.78, 5) is 19.6. The van der Waals surface area contributed by atoms with Gasteiger partial charge in [0.2, 0.25) is 0 Å². The number of hydrogen-bond acceptors (Lipinski definition) is 5. The molecule has 0 saturated heterocycles. The van der Waals surface area contributed by atoms with Crippen LogP contribution in [0.4, 0.5) is 5.82 Å². The molecule has 2 heterocycles. The van der Waals surface area contributed by atoms with E-state index in [0.29, 0.717) is 6.54 Å². The standard InChI is InChI=1S/C12H14N4O2/c1-8-4-3-5-14-9(8)6-16-7-15-10(11(16)13)12(17)18-2/h3-5,7H,6,13H2,1-2H3. The van der Waals surface area contributed by atoms with Gasteiger partial charge in [0, 0.05) is 6.20 Å². The Morgan fingerprint density at radius 3 is 2.94 bits per heavy atom. The number of aryl methyl sites for hydroxylation is 1. The van der Waals surface area contributed by atoms with Crippen molar-refractivity contribution >= 4 is 11.8 Å². The molecule has 0 unspecified atom stereocenters. The lowest BCUT2D eigenvalue weighted by molar-refractivity contribution is 0.0596. The van der Waals surface area contributed by atoms with Crippen molar-refractivity contribution in [2.45, 2.75) is 13.5 Å². The minimum Gasteiger partial charge on any atom is -0.464 e. The lowest BCUT2D eigenvalue weighted by Gasteiger charge is -2.07. The molecule has 0 radical (unpaired) electrons. The predicted molar refractivity (Wildman–Crippen MR) is 66.1 cm³/mol. The van der Waals surface area contributed by atoms with Crippen LogP contribution in [0.15, 0.2) is 24.7 Å². The summed E-state index contributed by atoms with van der Waals surface area (Å²) in [5.41, 5.74) is 7.93. The van der Waals surface area contributed by atoms with Gasteiger partial charge in [0.1, 0.15) is 5.82 Å². The van der Waals surface area contributed by atoms with Crippen LogP contribution in [0.1, 0.15) is 21.7 Å². The zero-order chi connectivity index (χ0) is 13.1. The Labute approximate surface area is 104 Å². The number of nitrogens with zero attached hydrogens (tertiary/aromatic N) is 3. The minimum atomic E-state index is -0.538. The van der Waals surface area contributed by atoms with Crippen molar-refractivity contribution in [2.75, 3.05) is 12.8 Å². The maximum atomic E-state index is 11.4. The van der Waals surface area contributed by atoms with E-state index in [2.05, 4.69) is 14.7 Å². The molecule has 2 aromatic rings. The average Bonchev–Trinajstić information content (AvgIpc) is 2.73. The fourth-order valence-corrected chi connectivity index (χ4v) is 1.62. The highest BCUT2D eigenvalue weighted by Crippen LogP contribution is 2.14. The zero-order valence-corrected chi connectivity index (χ0v) is 10.3. The number of hydrogen-bond donors (Lipinski definition) is 1. The third-order valence-electron chi connectivity index (χ3n) is 2.69. The van der Waals surface area contributed by atoms with Crippen LogP contribution in [0, 0.1) is 6.92 Å². The molecule has 0 aliphatic rings. The van der Waals surface area contributed by atoms with Crippen molar-refractivity contribution in [3.8, 4) is 0 Å². The zero-order valence-electron chi connectivity index (χ0n) is 10.3. The molecule has 18 heavy (non-hydrogen) atoms. The van der Waals surface area contributed by atoms with Crippen molar-refractivity contribution in [3.05, 3.63) is 41.6 Å². The van der Waals surface area contributed by atoms with Gasteiger partial charge in [-0.05, 0) is 18.6 Å². The highest BCUT2D eigenvalue weighted by atomic mass is 16.5. The third-order valence-corrected chi connectivity index (χ3v) is 2.69. The number of aromatic nitrogens is 3. The first-order valence-electron chi connectivity index (χ1n) is 5.43. The highest BCUT2D eigenvalue weighted by Gasteiger charge is 2.16. The molecule has 6 heteroatoms. The fraction of sp³-hybridized carbons (Fsp3) is 0.250. The molecule has 0 aromatic carbocycles. The van der Waals surface area contributed by atoms with Gasteiger partial charge < -0.3 is 15.0 Å². The predicted octanol–water partition coefficient (Wildman–Crippen LogP) is 1.00. The smallest absolute Gasteiger partial charge is 0.360 e. The lowest BCUT2D eigenvalue weighted by atomic mass is 10.2. The van der Waals surface area contributed by atoms with Crippen LogP contribution < -0.4 is 5.73 Å². The first-order chi connectivity index (χ1) is 8.63. The van der Waals surface area contributed by atoms with Gasteiger partial charge >= 0.3 is 5.97 Å². The number of esters is 1. The second kappa shape index (κ2) is 4.87. The maximum absolute atomic E-state index is 11.4. The van der Waals surface area contributed by atoms with Crippen molar-refractivity contribution in [3.63, 3.8) is 0 Å². The Kier molecular flexibility index (Phi) is 3.27. The second-order valence-corrected chi connectivity index (χ2v) is 3.86. The monoisotopic (exact) mass is 246 g/mol. The van der Waals surface area contributed by atoms with Gasteiger partial charge in [-0.1, -0.05) is 6.07 Å². The van der Waals surface area contributed by atoms with E-state index in [1.165, 1.54) is 13.4 Å².